The maximum atomic E-state index is 12.6. The molecule has 0 aromatic heterocycles. The summed E-state index contributed by atoms with van der Waals surface area (Å²) in [5.74, 6) is -0.672. The molecule has 1 aromatic carbocycles. The lowest BCUT2D eigenvalue weighted by molar-refractivity contribution is -0.137. The van der Waals surface area contributed by atoms with E-state index in [-0.39, 0.29) is 30.5 Å². The van der Waals surface area contributed by atoms with Gasteiger partial charge >= 0.3 is 6.18 Å². The van der Waals surface area contributed by atoms with Crippen LogP contribution in [0.15, 0.2) is 24.3 Å². The Balaban J connectivity index is 1.77. The lowest BCUT2D eigenvalue weighted by Gasteiger charge is -2.22. The van der Waals surface area contributed by atoms with Gasteiger partial charge in [0.25, 0.3) is 0 Å². The first kappa shape index (κ1) is 18.3. The smallest absolute Gasteiger partial charge is 0.353 e. The molecule has 1 aromatic rings. The zero-order chi connectivity index (χ0) is 17.6. The molecule has 132 valence electrons. The van der Waals surface area contributed by atoms with Gasteiger partial charge in [-0.1, -0.05) is 25.3 Å². The van der Waals surface area contributed by atoms with E-state index in [0.717, 1.165) is 37.8 Å². The van der Waals surface area contributed by atoms with Crippen LogP contribution in [-0.2, 0) is 15.8 Å². The van der Waals surface area contributed by atoms with Crippen LogP contribution in [0.5, 0.6) is 0 Å². The lowest BCUT2D eigenvalue weighted by atomic mass is 9.95. The molecule has 0 aliphatic heterocycles. The fourth-order valence-electron chi connectivity index (χ4n) is 2.77. The van der Waals surface area contributed by atoms with E-state index in [9.17, 15) is 22.8 Å². The van der Waals surface area contributed by atoms with E-state index in [1.165, 1.54) is 18.6 Å². The average molecular weight is 342 g/mol. The zero-order valence-electron chi connectivity index (χ0n) is 13.3. The van der Waals surface area contributed by atoms with Crippen LogP contribution < -0.4 is 10.6 Å². The normalized spacial score (nSPS) is 15.8. The van der Waals surface area contributed by atoms with Gasteiger partial charge in [-0.25, -0.2) is 0 Å². The lowest BCUT2D eigenvalue weighted by Crippen LogP contribution is -2.36. The average Bonchev–Trinajstić information content (AvgIpc) is 2.53. The van der Waals surface area contributed by atoms with E-state index in [1.54, 1.807) is 0 Å². The topological polar surface area (TPSA) is 58.2 Å². The van der Waals surface area contributed by atoms with Crippen LogP contribution in [0.3, 0.4) is 0 Å². The van der Waals surface area contributed by atoms with Crippen molar-refractivity contribution in [2.24, 2.45) is 0 Å². The predicted molar refractivity (Wildman–Crippen MR) is 84.3 cm³/mol. The predicted octanol–water partition coefficient (Wildman–Crippen LogP) is 3.87. The Morgan fingerprint density at radius 2 is 1.71 bits per heavy atom. The van der Waals surface area contributed by atoms with E-state index in [4.69, 9.17) is 0 Å². The minimum Gasteiger partial charge on any atom is -0.353 e. The van der Waals surface area contributed by atoms with Crippen LogP contribution >= 0.6 is 0 Å². The number of benzene rings is 1. The van der Waals surface area contributed by atoms with Gasteiger partial charge in [0.05, 0.1) is 5.56 Å². The highest BCUT2D eigenvalue weighted by Crippen LogP contribution is 2.30. The maximum absolute atomic E-state index is 12.6. The summed E-state index contributed by atoms with van der Waals surface area (Å²) in [6.07, 6.45) is 0.814. The van der Waals surface area contributed by atoms with Crippen LogP contribution in [0.4, 0.5) is 18.9 Å². The molecule has 0 saturated heterocycles. The second-order valence-corrected chi connectivity index (χ2v) is 6.03. The fraction of sp³-hybridized carbons (Fsp3) is 0.529. The molecule has 0 radical (unpaired) electrons. The van der Waals surface area contributed by atoms with Crippen molar-refractivity contribution in [2.75, 3.05) is 5.32 Å². The molecule has 2 amide bonds. The Labute approximate surface area is 138 Å². The monoisotopic (exact) mass is 342 g/mol. The van der Waals surface area contributed by atoms with Crippen molar-refractivity contribution >= 4 is 17.5 Å². The molecule has 1 saturated carbocycles. The number of carbonyl (C=O) groups is 2. The third kappa shape index (κ3) is 5.86. The molecular formula is C17H21F3N2O2. The number of nitrogens with one attached hydrogen (secondary N) is 2. The van der Waals surface area contributed by atoms with Crippen molar-refractivity contribution < 1.29 is 22.8 Å². The van der Waals surface area contributed by atoms with Gasteiger partial charge in [-0.05, 0) is 31.0 Å². The van der Waals surface area contributed by atoms with Gasteiger partial charge in [0.1, 0.15) is 0 Å². The molecule has 2 rings (SSSR count). The maximum Gasteiger partial charge on any atom is 0.416 e. The molecule has 1 aliphatic carbocycles. The van der Waals surface area contributed by atoms with E-state index in [1.807, 2.05) is 0 Å². The molecular weight excluding hydrogens is 321 g/mol. The molecule has 2 N–H and O–H groups in total. The Morgan fingerprint density at radius 3 is 2.38 bits per heavy atom. The molecule has 0 bridgehead atoms. The summed E-state index contributed by atoms with van der Waals surface area (Å²) >= 11 is 0. The Morgan fingerprint density at radius 1 is 1.04 bits per heavy atom. The zero-order valence-corrected chi connectivity index (χ0v) is 13.3. The number of carbonyl (C=O) groups excluding carboxylic acids is 2. The van der Waals surface area contributed by atoms with Gasteiger partial charge in [-0.15, -0.1) is 0 Å². The summed E-state index contributed by atoms with van der Waals surface area (Å²) in [6.45, 7) is 0. The standard InChI is InChI=1S/C17H21F3N2O2/c18-17(19,20)12-5-4-8-14(11-12)22-16(24)10-9-15(23)21-13-6-2-1-3-7-13/h4-5,8,11,13H,1-3,6-7,9-10H2,(H,21,23)(H,22,24). The molecule has 7 heteroatoms. The Hall–Kier alpha value is -2.05. The third-order valence-corrected chi connectivity index (χ3v) is 4.02. The summed E-state index contributed by atoms with van der Waals surface area (Å²) in [5, 5.41) is 5.29. The van der Waals surface area contributed by atoms with E-state index < -0.39 is 17.6 Å². The van der Waals surface area contributed by atoms with Crippen molar-refractivity contribution in [3.8, 4) is 0 Å². The minimum atomic E-state index is -4.46. The molecule has 0 heterocycles. The van der Waals surface area contributed by atoms with Crippen LogP contribution in [0.2, 0.25) is 0 Å². The number of amides is 2. The number of halogens is 3. The third-order valence-electron chi connectivity index (χ3n) is 4.02. The van der Waals surface area contributed by atoms with Crippen LogP contribution in [0.1, 0.15) is 50.5 Å². The highest BCUT2D eigenvalue weighted by atomic mass is 19.4. The molecule has 0 unspecified atom stereocenters. The van der Waals surface area contributed by atoms with Crippen molar-refractivity contribution in [3.63, 3.8) is 0 Å². The number of hydrogen-bond acceptors (Lipinski definition) is 2. The van der Waals surface area contributed by atoms with E-state index in [2.05, 4.69) is 10.6 Å². The van der Waals surface area contributed by atoms with Gasteiger partial charge in [0.15, 0.2) is 0 Å². The molecule has 0 atom stereocenters. The number of hydrogen-bond donors (Lipinski definition) is 2. The molecule has 24 heavy (non-hydrogen) atoms. The second-order valence-electron chi connectivity index (χ2n) is 6.03. The van der Waals surface area contributed by atoms with Crippen molar-refractivity contribution in [2.45, 2.75) is 57.2 Å². The van der Waals surface area contributed by atoms with Gasteiger partial charge in [-0.3, -0.25) is 9.59 Å². The fourth-order valence-corrected chi connectivity index (χ4v) is 2.77. The highest BCUT2D eigenvalue weighted by Gasteiger charge is 2.30. The Bertz CT molecular complexity index is 581. The summed E-state index contributed by atoms with van der Waals surface area (Å²) in [5.41, 5.74) is -0.752. The van der Waals surface area contributed by atoms with Crippen LogP contribution in [0, 0.1) is 0 Å². The molecule has 1 fully saturated rings. The number of alkyl halides is 3. The summed E-state index contributed by atoms with van der Waals surface area (Å²) in [7, 11) is 0. The first-order chi connectivity index (χ1) is 11.3. The largest absolute Gasteiger partial charge is 0.416 e. The van der Waals surface area contributed by atoms with Crippen molar-refractivity contribution in [1.29, 1.82) is 0 Å². The summed E-state index contributed by atoms with van der Waals surface area (Å²) < 4.78 is 37.8. The molecule has 1 aliphatic rings. The molecule has 4 nitrogen and oxygen atoms in total. The van der Waals surface area contributed by atoms with Gasteiger partial charge in [-0.2, -0.15) is 13.2 Å². The first-order valence-electron chi connectivity index (χ1n) is 8.11. The second kappa shape index (κ2) is 8.17. The summed E-state index contributed by atoms with van der Waals surface area (Å²) in [4.78, 5) is 23.6. The van der Waals surface area contributed by atoms with Crippen molar-refractivity contribution in [3.05, 3.63) is 29.8 Å². The SMILES string of the molecule is O=C(CCC(=O)NC1CCCCC1)Nc1cccc(C(F)(F)F)c1. The minimum absolute atomic E-state index is 0.0291. The first-order valence-corrected chi connectivity index (χ1v) is 8.11. The molecule has 0 spiro atoms. The van der Waals surface area contributed by atoms with Gasteiger partial charge < -0.3 is 10.6 Å². The number of anilines is 1. The van der Waals surface area contributed by atoms with Crippen LogP contribution in [0.25, 0.3) is 0 Å². The van der Waals surface area contributed by atoms with Gasteiger partial charge in [0.2, 0.25) is 11.8 Å². The van der Waals surface area contributed by atoms with Gasteiger partial charge in [0, 0.05) is 24.6 Å². The van der Waals surface area contributed by atoms with Crippen LogP contribution in [-0.4, -0.2) is 17.9 Å². The van der Waals surface area contributed by atoms with E-state index >= 15 is 0 Å². The quantitative estimate of drug-likeness (QED) is 0.853. The summed E-state index contributed by atoms with van der Waals surface area (Å²) in [6, 6.07) is 4.61. The highest BCUT2D eigenvalue weighted by molar-refractivity contribution is 5.93. The number of rotatable bonds is 5. The van der Waals surface area contributed by atoms with E-state index in [0.29, 0.717) is 0 Å². The Kier molecular flexibility index (Phi) is 6.23. The van der Waals surface area contributed by atoms with Crippen molar-refractivity contribution in [1.82, 2.24) is 5.32 Å².